The van der Waals surface area contributed by atoms with Gasteiger partial charge in [-0.2, -0.15) is 0 Å². The molecule has 43 heavy (non-hydrogen) atoms. The van der Waals surface area contributed by atoms with Crippen molar-refractivity contribution in [2.75, 3.05) is 17.5 Å². The second kappa shape index (κ2) is 15.7. The molecule has 0 radical (unpaired) electrons. The van der Waals surface area contributed by atoms with E-state index in [1.807, 2.05) is 20.8 Å². The molecule has 0 unspecified atom stereocenters. The van der Waals surface area contributed by atoms with Gasteiger partial charge in [-0.05, 0) is 92.9 Å². The van der Waals surface area contributed by atoms with Crippen LogP contribution in [0.2, 0.25) is 15.1 Å². The first-order chi connectivity index (χ1) is 20.4. The number of hydrogen-bond donors (Lipinski definition) is 1. The monoisotopic (exact) mass is 667 g/mol. The number of hydrogen-bond acceptors (Lipinski definition) is 5. The molecule has 0 spiro atoms. The molecular weight excluding hydrogens is 633 g/mol. The molecule has 3 rings (SSSR count). The lowest BCUT2D eigenvalue weighted by Crippen LogP contribution is -2.53. The van der Waals surface area contributed by atoms with Crippen LogP contribution in [0.4, 0.5) is 5.69 Å². The summed E-state index contributed by atoms with van der Waals surface area (Å²) in [7, 11) is -4.24. The fourth-order valence-electron chi connectivity index (χ4n) is 4.33. The molecule has 0 fully saturated rings. The molecule has 0 aromatic heterocycles. The maximum absolute atomic E-state index is 14.2. The lowest BCUT2D eigenvalue weighted by atomic mass is 10.1. The third-order valence-electron chi connectivity index (χ3n) is 6.84. The van der Waals surface area contributed by atoms with Gasteiger partial charge in [-0.25, -0.2) is 8.42 Å². The number of carbonyl (C=O) groups excluding carboxylic acids is 2. The van der Waals surface area contributed by atoms with Gasteiger partial charge >= 0.3 is 0 Å². The van der Waals surface area contributed by atoms with E-state index >= 15 is 0 Å². The van der Waals surface area contributed by atoms with E-state index in [0.29, 0.717) is 45.8 Å². The summed E-state index contributed by atoms with van der Waals surface area (Å²) in [6, 6.07) is 16.1. The Morgan fingerprint density at radius 2 is 1.53 bits per heavy atom. The highest BCUT2D eigenvalue weighted by atomic mass is 35.5. The molecule has 0 heterocycles. The summed E-state index contributed by atoms with van der Waals surface area (Å²) < 4.78 is 34.5. The summed E-state index contributed by atoms with van der Waals surface area (Å²) >= 11 is 18.4. The molecule has 0 bridgehead atoms. The molecule has 3 aromatic carbocycles. The van der Waals surface area contributed by atoms with Crippen LogP contribution >= 0.6 is 34.8 Å². The molecule has 12 heteroatoms. The largest absolute Gasteiger partial charge is 0.494 e. The van der Waals surface area contributed by atoms with Crippen LogP contribution in [0, 0.1) is 0 Å². The van der Waals surface area contributed by atoms with E-state index < -0.39 is 28.5 Å². The van der Waals surface area contributed by atoms with Crippen molar-refractivity contribution in [2.45, 2.75) is 64.1 Å². The number of nitrogens with one attached hydrogen (secondary N) is 1. The fourth-order valence-corrected chi connectivity index (χ4v) is 6.19. The molecule has 0 saturated heterocycles. The summed E-state index contributed by atoms with van der Waals surface area (Å²) in [6.07, 6.45) is 0.996. The van der Waals surface area contributed by atoms with Crippen LogP contribution in [0.1, 0.15) is 46.1 Å². The molecule has 0 aliphatic heterocycles. The summed E-state index contributed by atoms with van der Waals surface area (Å²) in [5, 5.41) is 3.96. The van der Waals surface area contributed by atoms with Crippen LogP contribution in [0.3, 0.4) is 0 Å². The highest BCUT2D eigenvalue weighted by molar-refractivity contribution is 7.92. The van der Waals surface area contributed by atoms with Crippen molar-refractivity contribution < 1.29 is 22.7 Å². The van der Waals surface area contributed by atoms with Crippen molar-refractivity contribution in [1.82, 2.24) is 10.2 Å². The number of carbonyl (C=O) groups is 2. The number of sulfonamides is 1. The number of rotatable bonds is 14. The highest BCUT2D eigenvalue weighted by Gasteiger charge is 2.34. The van der Waals surface area contributed by atoms with E-state index in [1.54, 1.807) is 49.4 Å². The standard InChI is InChI=1S/C31H36Cl3N3O5S/c1-5-21(4)35-31(39)29(6-2)36(19-22-8-17-27(33)28(34)18-22)30(38)20-37(24-11-13-25(14-12-24)42-7-3)43(40,41)26-15-9-23(32)10-16-26/h8-18,21,29H,5-7,19-20H2,1-4H3,(H,35,39)/t21-,29+/m1/s1. The second-order valence-corrected chi connectivity index (χ2v) is 13.0. The van der Waals surface area contributed by atoms with E-state index in [-0.39, 0.29) is 29.1 Å². The van der Waals surface area contributed by atoms with Crippen LogP contribution < -0.4 is 14.4 Å². The summed E-state index contributed by atoms with van der Waals surface area (Å²) in [6.45, 7) is 7.32. The smallest absolute Gasteiger partial charge is 0.264 e. The van der Waals surface area contributed by atoms with Crippen molar-refractivity contribution >= 4 is 62.3 Å². The quantitative estimate of drug-likeness (QED) is 0.200. The minimum Gasteiger partial charge on any atom is -0.494 e. The van der Waals surface area contributed by atoms with Crippen LogP contribution in [-0.2, 0) is 26.2 Å². The van der Waals surface area contributed by atoms with E-state index in [1.165, 1.54) is 29.2 Å². The van der Waals surface area contributed by atoms with Gasteiger partial charge in [0.1, 0.15) is 18.3 Å². The zero-order valence-corrected chi connectivity index (χ0v) is 27.6. The number of anilines is 1. The van der Waals surface area contributed by atoms with E-state index in [2.05, 4.69) is 5.32 Å². The molecular formula is C31H36Cl3N3O5S. The predicted octanol–water partition coefficient (Wildman–Crippen LogP) is 6.96. The highest BCUT2D eigenvalue weighted by Crippen LogP contribution is 2.28. The number of benzene rings is 3. The Labute approximate surface area is 268 Å². The summed E-state index contributed by atoms with van der Waals surface area (Å²) in [5.74, 6) is -0.363. The van der Waals surface area contributed by atoms with Gasteiger partial charge in [0, 0.05) is 17.6 Å². The van der Waals surface area contributed by atoms with Gasteiger partial charge in [0.25, 0.3) is 10.0 Å². The van der Waals surface area contributed by atoms with Crippen molar-refractivity contribution in [1.29, 1.82) is 0 Å². The van der Waals surface area contributed by atoms with Crippen LogP contribution in [0.15, 0.2) is 71.6 Å². The van der Waals surface area contributed by atoms with Crippen LogP contribution in [0.25, 0.3) is 0 Å². The van der Waals surface area contributed by atoms with Crippen molar-refractivity contribution in [3.05, 3.63) is 87.4 Å². The van der Waals surface area contributed by atoms with Crippen LogP contribution in [0.5, 0.6) is 5.75 Å². The minimum absolute atomic E-state index is 0.000263. The summed E-state index contributed by atoms with van der Waals surface area (Å²) in [5.41, 5.74) is 0.879. The maximum atomic E-state index is 14.2. The SMILES string of the molecule is CCOc1ccc(N(CC(=O)N(Cc2ccc(Cl)c(Cl)c2)[C@@H](CC)C(=O)N[C@H](C)CC)S(=O)(=O)c2ccc(Cl)cc2)cc1. The first kappa shape index (κ1) is 34.5. The lowest BCUT2D eigenvalue weighted by molar-refractivity contribution is -0.140. The zero-order chi connectivity index (χ0) is 31.7. The molecule has 2 amide bonds. The third kappa shape index (κ3) is 9.01. The molecule has 8 nitrogen and oxygen atoms in total. The average molecular weight is 669 g/mol. The Morgan fingerprint density at radius 1 is 0.884 bits per heavy atom. The van der Waals surface area contributed by atoms with Gasteiger partial charge in [-0.3, -0.25) is 13.9 Å². The van der Waals surface area contributed by atoms with Crippen molar-refractivity contribution in [3.8, 4) is 5.75 Å². The van der Waals surface area contributed by atoms with Crippen molar-refractivity contribution in [2.24, 2.45) is 0 Å². The first-order valence-electron chi connectivity index (χ1n) is 14.0. The predicted molar refractivity (Wildman–Crippen MR) is 173 cm³/mol. The molecule has 1 N–H and O–H groups in total. The van der Waals surface area contributed by atoms with Crippen LogP contribution in [-0.4, -0.2) is 50.4 Å². The summed E-state index contributed by atoms with van der Waals surface area (Å²) in [4.78, 5) is 28.9. The Bertz CT molecular complexity index is 1500. The van der Waals surface area contributed by atoms with E-state index in [9.17, 15) is 18.0 Å². The first-order valence-corrected chi connectivity index (χ1v) is 16.5. The van der Waals surface area contributed by atoms with Gasteiger partial charge in [0.05, 0.1) is 27.2 Å². The zero-order valence-electron chi connectivity index (χ0n) is 24.5. The Hall–Kier alpha value is -2.98. The van der Waals surface area contributed by atoms with E-state index in [4.69, 9.17) is 39.5 Å². The lowest BCUT2D eigenvalue weighted by Gasteiger charge is -2.33. The molecule has 0 aliphatic carbocycles. The van der Waals surface area contributed by atoms with Gasteiger partial charge in [-0.15, -0.1) is 0 Å². The minimum atomic E-state index is -4.24. The Morgan fingerprint density at radius 3 is 2.09 bits per heavy atom. The number of halogens is 3. The molecule has 3 aromatic rings. The van der Waals surface area contributed by atoms with Gasteiger partial charge < -0.3 is 15.0 Å². The van der Waals surface area contributed by atoms with Gasteiger partial charge in [0.15, 0.2) is 0 Å². The van der Waals surface area contributed by atoms with Gasteiger partial charge in [-0.1, -0.05) is 54.7 Å². The average Bonchev–Trinajstić information content (AvgIpc) is 2.98. The fraction of sp³-hybridized carbons (Fsp3) is 0.355. The second-order valence-electron chi connectivity index (χ2n) is 9.90. The third-order valence-corrected chi connectivity index (χ3v) is 9.62. The molecule has 232 valence electrons. The number of nitrogens with zero attached hydrogens (tertiary/aromatic N) is 2. The molecule has 2 atom stereocenters. The molecule has 0 saturated carbocycles. The Kier molecular flexibility index (Phi) is 12.6. The number of amides is 2. The Balaban J connectivity index is 2.08. The maximum Gasteiger partial charge on any atom is 0.264 e. The molecule has 0 aliphatic rings. The topological polar surface area (TPSA) is 96.0 Å². The van der Waals surface area contributed by atoms with Gasteiger partial charge in [0.2, 0.25) is 11.8 Å². The number of ether oxygens (including phenoxy) is 1. The van der Waals surface area contributed by atoms with Crippen molar-refractivity contribution in [3.63, 3.8) is 0 Å². The van der Waals surface area contributed by atoms with E-state index in [0.717, 1.165) is 4.31 Å². The normalized spacial score (nSPS) is 12.7.